The largest absolute Gasteiger partial charge is 0.349 e. The van der Waals surface area contributed by atoms with E-state index in [0.717, 1.165) is 12.1 Å². The Morgan fingerprint density at radius 1 is 1.50 bits per heavy atom. The first-order chi connectivity index (χ1) is 7.49. The van der Waals surface area contributed by atoms with Crippen LogP contribution in [-0.4, -0.2) is 22.3 Å². The molecule has 0 spiro atoms. The molecule has 88 valence electrons. The van der Waals surface area contributed by atoms with Crippen LogP contribution in [-0.2, 0) is 0 Å². The summed E-state index contributed by atoms with van der Waals surface area (Å²) in [4.78, 5) is 15.8. The van der Waals surface area contributed by atoms with Gasteiger partial charge in [-0.05, 0) is 39.3 Å². The first kappa shape index (κ1) is 13.0. The number of pyridine rings is 1. The van der Waals surface area contributed by atoms with E-state index in [1.54, 1.807) is 12.3 Å². The van der Waals surface area contributed by atoms with E-state index in [0.29, 0.717) is 5.56 Å². The molecule has 2 atom stereocenters. The van der Waals surface area contributed by atoms with Gasteiger partial charge in [0.05, 0.1) is 5.56 Å². The molecule has 0 radical (unpaired) electrons. The number of nitrogens with zero attached hydrogens (tertiary/aromatic N) is 1. The van der Waals surface area contributed by atoms with Gasteiger partial charge in [-0.1, -0.05) is 0 Å². The number of alkyl halides is 1. The van der Waals surface area contributed by atoms with Gasteiger partial charge in [0, 0.05) is 23.3 Å². The molecule has 3 nitrogen and oxygen atoms in total. The van der Waals surface area contributed by atoms with Crippen molar-refractivity contribution in [2.24, 2.45) is 0 Å². The van der Waals surface area contributed by atoms with Crippen molar-refractivity contribution in [2.45, 2.75) is 38.6 Å². The number of hydrogen-bond acceptors (Lipinski definition) is 2. The summed E-state index contributed by atoms with van der Waals surface area (Å²) < 4.78 is 0. The molecule has 1 amide bonds. The highest BCUT2D eigenvalue weighted by atomic mass is 35.5. The molecule has 1 N–H and O–H groups in total. The lowest BCUT2D eigenvalue weighted by Crippen LogP contribution is -2.33. The lowest BCUT2D eigenvalue weighted by atomic mass is 10.1. The number of aryl methyl sites for hydroxylation is 1. The number of carbonyl (C=O) groups excluding carboxylic acids is 1. The summed E-state index contributed by atoms with van der Waals surface area (Å²) >= 11 is 5.86. The number of aromatic nitrogens is 1. The van der Waals surface area contributed by atoms with Gasteiger partial charge in [0.25, 0.3) is 5.91 Å². The van der Waals surface area contributed by atoms with Crippen molar-refractivity contribution in [1.82, 2.24) is 10.3 Å². The Kier molecular flexibility index (Phi) is 4.74. The summed E-state index contributed by atoms with van der Waals surface area (Å²) in [5.41, 5.74) is 1.48. The molecule has 1 aromatic rings. The zero-order valence-electron chi connectivity index (χ0n) is 9.83. The molecule has 0 saturated heterocycles. The second kappa shape index (κ2) is 5.85. The van der Waals surface area contributed by atoms with Gasteiger partial charge in [0.15, 0.2) is 0 Å². The second-order valence-corrected chi connectivity index (χ2v) is 4.82. The van der Waals surface area contributed by atoms with E-state index in [1.165, 1.54) is 0 Å². The minimum absolute atomic E-state index is 0.0615. The zero-order chi connectivity index (χ0) is 12.1. The molecule has 1 heterocycles. The Balaban J connectivity index is 2.55. The van der Waals surface area contributed by atoms with Gasteiger partial charge in [0.2, 0.25) is 0 Å². The SMILES string of the molecule is Cc1ccc(C(=O)NC(C)CC(C)Cl)cn1. The van der Waals surface area contributed by atoms with Crippen LogP contribution in [0.2, 0.25) is 0 Å². The van der Waals surface area contributed by atoms with Crippen molar-refractivity contribution in [3.8, 4) is 0 Å². The molecule has 4 heteroatoms. The smallest absolute Gasteiger partial charge is 0.253 e. The summed E-state index contributed by atoms with van der Waals surface area (Å²) in [7, 11) is 0. The monoisotopic (exact) mass is 240 g/mol. The maximum Gasteiger partial charge on any atom is 0.253 e. The van der Waals surface area contributed by atoms with Gasteiger partial charge in [-0.3, -0.25) is 9.78 Å². The van der Waals surface area contributed by atoms with Crippen molar-refractivity contribution in [3.63, 3.8) is 0 Å². The van der Waals surface area contributed by atoms with Crippen LogP contribution in [0.15, 0.2) is 18.3 Å². The lowest BCUT2D eigenvalue weighted by molar-refractivity contribution is 0.0938. The molecule has 0 saturated carbocycles. The van der Waals surface area contributed by atoms with E-state index in [-0.39, 0.29) is 17.3 Å². The van der Waals surface area contributed by atoms with Crippen molar-refractivity contribution >= 4 is 17.5 Å². The maximum atomic E-state index is 11.8. The Bertz CT molecular complexity index is 349. The quantitative estimate of drug-likeness (QED) is 0.822. The molecule has 0 aliphatic carbocycles. The average Bonchev–Trinajstić information content (AvgIpc) is 2.16. The van der Waals surface area contributed by atoms with Crippen molar-refractivity contribution in [2.75, 3.05) is 0 Å². The standard InChI is InChI=1S/C12H17ClN2O/c1-8(13)6-10(3)15-12(16)11-5-4-9(2)14-7-11/h4-5,7-8,10H,6H2,1-3H3,(H,15,16). The van der Waals surface area contributed by atoms with Crippen LogP contribution < -0.4 is 5.32 Å². The molecule has 16 heavy (non-hydrogen) atoms. The minimum atomic E-state index is -0.0997. The van der Waals surface area contributed by atoms with E-state index < -0.39 is 0 Å². The first-order valence-corrected chi connectivity index (χ1v) is 5.80. The molecular weight excluding hydrogens is 224 g/mol. The molecule has 0 fully saturated rings. The topological polar surface area (TPSA) is 42.0 Å². The molecule has 0 aromatic carbocycles. The van der Waals surface area contributed by atoms with E-state index in [4.69, 9.17) is 11.6 Å². The van der Waals surface area contributed by atoms with E-state index in [2.05, 4.69) is 10.3 Å². The zero-order valence-corrected chi connectivity index (χ0v) is 10.6. The summed E-state index contributed by atoms with van der Waals surface area (Å²) in [6.45, 7) is 5.75. The van der Waals surface area contributed by atoms with Crippen LogP contribution in [0.1, 0.15) is 36.3 Å². The minimum Gasteiger partial charge on any atom is -0.349 e. The Labute approximate surface area is 101 Å². The number of hydrogen-bond donors (Lipinski definition) is 1. The predicted octanol–water partition coefficient (Wildman–Crippen LogP) is 2.53. The van der Waals surface area contributed by atoms with E-state index in [9.17, 15) is 4.79 Å². The van der Waals surface area contributed by atoms with Crippen molar-refractivity contribution in [3.05, 3.63) is 29.6 Å². The highest BCUT2D eigenvalue weighted by molar-refractivity contribution is 6.20. The first-order valence-electron chi connectivity index (χ1n) is 5.36. The fraction of sp³-hybridized carbons (Fsp3) is 0.500. The lowest BCUT2D eigenvalue weighted by Gasteiger charge is -2.14. The van der Waals surface area contributed by atoms with Crippen molar-refractivity contribution in [1.29, 1.82) is 0 Å². The number of halogens is 1. The Hall–Kier alpha value is -1.09. The third kappa shape index (κ3) is 4.19. The highest BCUT2D eigenvalue weighted by Crippen LogP contribution is 2.05. The molecular formula is C12H17ClN2O. The highest BCUT2D eigenvalue weighted by Gasteiger charge is 2.11. The van der Waals surface area contributed by atoms with Crippen LogP contribution in [0.25, 0.3) is 0 Å². The fourth-order valence-corrected chi connectivity index (χ4v) is 1.72. The van der Waals surface area contributed by atoms with Gasteiger partial charge < -0.3 is 5.32 Å². The average molecular weight is 241 g/mol. The van der Waals surface area contributed by atoms with Crippen LogP contribution >= 0.6 is 11.6 Å². The van der Waals surface area contributed by atoms with E-state index in [1.807, 2.05) is 26.8 Å². The van der Waals surface area contributed by atoms with Crippen LogP contribution in [0.3, 0.4) is 0 Å². The summed E-state index contributed by atoms with van der Waals surface area (Å²) in [5.74, 6) is -0.0997. The molecule has 1 aromatic heterocycles. The predicted molar refractivity (Wildman–Crippen MR) is 65.8 cm³/mol. The summed E-state index contributed by atoms with van der Waals surface area (Å²) in [6.07, 6.45) is 2.34. The normalized spacial score (nSPS) is 14.2. The number of rotatable bonds is 4. The van der Waals surface area contributed by atoms with Crippen LogP contribution in [0.5, 0.6) is 0 Å². The van der Waals surface area contributed by atoms with Crippen LogP contribution in [0, 0.1) is 6.92 Å². The number of nitrogens with one attached hydrogen (secondary N) is 1. The van der Waals surface area contributed by atoms with Crippen molar-refractivity contribution < 1.29 is 4.79 Å². The van der Waals surface area contributed by atoms with Gasteiger partial charge in [-0.15, -0.1) is 11.6 Å². The maximum absolute atomic E-state index is 11.8. The van der Waals surface area contributed by atoms with Crippen LogP contribution in [0.4, 0.5) is 0 Å². The van der Waals surface area contributed by atoms with E-state index >= 15 is 0 Å². The number of amides is 1. The van der Waals surface area contributed by atoms with Gasteiger partial charge >= 0.3 is 0 Å². The molecule has 1 rings (SSSR count). The summed E-state index contributed by atoms with van der Waals surface area (Å²) in [5, 5.41) is 2.95. The molecule has 0 aliphatic heterocycles. The summed E-state index contributed by atoms with van der Waals surface area (Å²) in [6, 6.07) is 3.67. The third-order valence-electron chi connectivity index (χ3n) is 2.23. The Morgan fingerprint density at radius 2 is 2.19 bits per heavy atom. The van der Waals surface area contributed by atoms with Gasteiger partial charge in [-0.2, -0.15) is 0 Å². The molecule has 0 aliphatic rings. The Morgan fingerprint density at radius 3 is 2.69 bits per heavy atom. The van der Waals surface area contributed by atoms with Gasteiger partial charge in [0.1, 0.15) is 0 Å². The number of carbonyl (C=O) groups is 1. The fourth-order valence-electron chi connectivity index (χ4n) is 1.46. The molecule has 2 unspecified atom stereocenters. The van der Waals surface area contributed by atoms with Gasteiger partial charge in [-0.25, -0.2) is 0 Å². The molecule has 0 bridgehead atoms. The third-order valence-corrected chi connectivity index (χ3v) is 2.41. The second-order valence-electron chi connectivity index (χ2n) is 4.08.